The van der Waals surface area contributed by atoms with Gasteiger partial charge in [0.2, 0.25) is 11.8 Å². The van der Waals surface area contributed by atoms with Crippen molar-refractivity contribution in [2.75, 3.05) is 6.54 Å². The number of carbonyl (C=O) groups excluding carboxylic acids is 3. The number of halogens is 3. The SMILES string of the molecule is O=C(CCN1C(=O)C2CCCCC2C1=O)Oc1c(Cl)cc(Cl)cc1Cl. The Morgan fingerprint density at radius 2 is 1.56 bits per heavy atom. The molecule has 2 atom stereocenters. The summed E-state index contributed by atoms with van der Waals surface area (Å²) >= 11 is 17.7. The molecular weight excluding hydrogens is 389 g/mol. The van der Waals surface area contributed by atoms with Crippen molar-refractivity contribution in [3.05, 3.63) is 27.2 Å². The number of likely N-dealkylation sites (tertiary alicyclic amines) is 1. The van der Waals surface area contributed by atoms with E-state index in [-0.39, 0.29) is 52.4 Å². The van der Waals surface area contributed by atoms with E-state index in [9.17, 15) is 14.4 Å². The zero-order valence-corrected chi connectivity index (χ0v) is 15.5. The summed E-state index contributed by atoms with van der Waals surface area (Å²) in [6, 6.07) is 2.83. The third kappa shape index (κ3) is 3.78. The van der Waals surface area contributed by atoms with Crippen LogP contribution in [0.5, 0.6) is 5.75 Å². The van der Waals surface area contributed by atoms with Gasteiger partial charge in [0.05, 0.1) is 28.3 Å². The van der Waals surface area contributed by atoms with Gasteiger partial charge in [-0.25, -0.2) is 0 Å². The van der Waals surface area contributed by atoms with Gasteiger partial charge in [-0.1, -0.05) is 47.6 Å². The summed E-state index contributed by atoms with van der Waals surface area (Å²) < 4.78 is 5.17. The molecule has 0 spiro atoms. The first-order chi connectivity index (χ1) is 11.9. The Labute approximate surface area is 160 Å². The lowest BCUT2D eigenvalue weighted by atomic mass is 9.81. The van der Waals surface area contributed by atoms with Crippen molar-refractivity contribution in [2.45, 2.75) is 32.1 Å². The standard InChI is InChI=1S/C17H16Cl3NO4/c18-9-7-12(19)15(13(20)8-9)25-14(22)5-6-21-16(23)10-3-1-2-4-11(10)17(21)24/h7-8,10-11H,1-6H2. The van der Waals surface area contributed by atoms with E-state index in [2.05, 4.69) is 0 Å². The van der Waals surface area contributed by atoms with E-state index < -0.39 is 5.97 Å². The van der Waals surface area contributed by atoms with Crippen molar-refractivity contribution in [1.82, 2.24) is 4.90 Å². The second-order valence-electron chi connectivity index (χ2n) is 6.25. The normalized spacial score (nSPS) is 22.9. The number of hydrogen-bond donors (Lipinski definition) is 0. The maximum absolute atomic E-state index is 12.4. The molecule has 1 aliphatic heterocycles. The van der Waals surface area contributed by atoms with Gasteiger partial charge in [0, 0.05) is 11.6 Å². The summed E-state index contributed by atoms with van der Waals surface area (Å²) in [5, 5.41) is 0.557. The Hall–Kier alpha value is -1.30. The third-order valence-corrected chi connectivity index (χ3v) is 5.43. The Morgan fingerprint density at radius 1 is 1.04 bits per heavy atom. The number of esters is 1. The molecule has 2 unspecified atom stereocenters. The first-order valence-corrected chi connectivity index (χ1v) is 9.22. The minimum absolute atomic E-state index is 0.00628. The minimum Gasteiger partial charge on any atom is -0.423 e. The molecule has 0 bridgehead atoms. The van der Waals surface area contributed by atoms with Crippen molar-refractivity contribution < 1.29 is 19.1 Å². The van der Waals surface area contributed by atoms with Gasteiger partial charge in [-0.15, -0.1) is 0 Å². The van der Waals surface area contributed by atoms with Crippen LogP contribution in [0.25, 0.3) is 0 Å². The molecule has 2 aliphatic rings. The molecule has 1 aliphatic carbocycles. The Kier molecular flexibility index (Phi) is 5.56. The van der Waals surface area contributed by atoms with Crippen LogP contribution in [0, 0.1) is 11.8 Å². The lowest BCUT2D eigenvalue weighted by Crippen LogP contribution is -2.33. The molecule has 1 aromatic carbocycles. The van der Waals surface area contributed by atoms with Gasteiger partial charge in [0.1, 0.15) is 0 Å². The molecule has 1 saturated heterocycles. The number of carbonyl (C=O) groups is 3. The second kappa shape index (κ2) is 7.52. The van der Waals surface area contributed by atoms with Crippen molar-refractivity contribution >= 4 is 52.6 Å². The molecule has 5 nitrogen and oxygen atoms in total. The molecule has 0 radical (unpaired) electrons. The maximum atomic E-state index is 12.4. The maximum Gasteiger partial charge on any atom is 0.313 e. The van der Waals surface area contributed by atoms with E-state index in [1.165, 1.54) is 17.0 Å². The first kappa shape index (κ1) is 18.5. The zero-order chi connectivity index (χ0) is 18.1. The Bertz CT molecular complexity index is 690. The molecule has 3 rings (SSSR count). The smallest absolute Gasteiger partial charge is 0.313 e. The highest BCUT2D eigenvalue weighted by atomic mass is 35.5. The van der Waals surface area contributed by atoms with E-state index >= 15 is 0 Å². The van der Waals surface area contributed by atoms with E-state index in [4.69, 9.17) is 39.5 Å². The van der Waals surface area contributed by atoms with Crippen molar-refractivity contribution in [2.24, 2.45) is 11.8 Å². The number of nitrogens with zero attached hydrogens (tertiary/aromatic N) is 1. The fourth-order valence-corrected chi connectivity index (χ4v) is 4.34. The van der Waals surface area contributed by atoms with Gasteiger partial charge < -0.3 is 4.74 Å². The molecule has 1 saturated carbocycles. The van der Waals surface area contributed by atoms with Gasteiger partial charge in [-0.05, 0) is 25.0 Å². The fraction of sp³-hybridized carbons (Fsp3) is 0.471. The molecule has 2 fully saturated rings. The number of fused-ring (bicyclic) bond motifs is 1. The molecule has 25 heavy (non-hydrogen) atoms. The number of ether oxygens (including phenoxy) is 1. The van der Waals surface area contributed by atoms with Gasteiger partial charge in [-0.2, -0.15) is 0 Å². The molecule has 0 aromatic heterocycles. The van der Waals surface area contributed by atoms with Gasteiger partial charge >= 0.3 is 5.97 Å². The van der Waals surface area contributed by atoms with Crippen LogP contribution in [0.2, 0.25) is 15.1 Å². The molecule has 134 valence electrons. The summed E-state index contributed by atoms with van der Waals surface area (Å²) in [6.07, 6.45) is 3.29. The molecule has 1 heterocycles. The Balaban J connectivity index is 1.61. The van der Waals surface area contributed by atoms with Crippen LogP contribution in [0.3, 0.4) is 0 Å². The number of hydrogen-bond acceptors (Lipinski definition) is 4. The van der Waals surface area contributed by atoms with Crippen LogP contribution < -0.4 is 4.74 Å². The average molecular weight is 405 g/mol. The van der Waals surface area contributed by atoms with Crippen LogP contribution in [-0.2, 0) is 14.4 Å². The van der Waals surface area contributed by atoms with Gasteiger partial charge in [-0.3, -0.25) is 19.3 Å². The molecule has 8 heteroatoms. The van der Waals surface area contributed by atoms with Crippen LogP contribution in [-0.4, -0.2) is 29.2 Å². The predicted molar refractivity (Wildman–Crippen MR) is 93.9 cm³/mol. The molecular formula is C17H16Cl3NO4. The summed E-state index contributed by atoms with van der Waals surface area (Å²) in [6.45, 7) is 0.00628. The van der Waals surface area contributed by atoms with E-state index in [1.54, 1.807) is 0 Å². The summed E-state index contributed by atoms with van der Waals surface area (Å²) in [7, 11) is 0. The highest BCUT2D eigenvalue weighted by Crippen LogP contribution is 2.38. The van der Waals surface area contributed by atoms with Gasteiger partial charge in [0.15, 0.2) is 5.75 Å². The quantitative estimate of drug-likeness (QED) is 0.430. The number of imide groups is 1. The van der Waals surface area contributed by atoms with Crippen LogP contribution in [0.1, 0.15) is 32.1 Å². The molecule has 1 aromatic rings. The third-order valence-electron chi connectivity index (χ3n) is 4.65. The van der Waals surface area contributed by atoms with Gasteiger partial charge in [0.25, 0.3) is 0 Å². The van der Waals surface area contributed by atoms with Crippen molar-refractivity contribution in [1.29, 1.82) is 0 Å². The average Bonchev–Trinajstić information content (AvgIpc) is 2.81. The predicted octanol–water partition coefficient (Wildman–Crippen LogP) is 4.12. The zero-order valence-electron chi connectivity index (χ0n) is 13.3. The number of benzene rings is 1. The molecule has 2 amide bonds. The summed E-state index contributed by atoms with van der Waals surface area (Å²) in [5.41, 5.74) is 0. The Morgan fingerprint density at radius 3 is 2.08 bits per heavy atom. The monoisotopic (exact) mass is 403 g/mol. The highest BCUT2D eigenvalue weighted by Gasteiger charge is 2.47. The number of amides is 2. The minimum atomic E-state index is -0.624. The lowest BCUT2D eigenvalue weighted by Gasteiger charge is -2.19. The van der Waals surface area contributed by atoms with Crippen LogP contribution in [0.15, 0.2) is 12.1 Å². The molecule has 0 N–H and O–H groups in total. The lowest BCUT2D eigenvalue weighted by molar-refractivity contribution is -0.141. The summed E-state index contributed by atoms with van der Waals surface area (Å²) in [4.78, 5) is 38.0. The van der Waals surface area contributed by atoms with Crippen molar-refractivity contribution in [3.63, 3.8) is 0 Å². The van der Waals surface area contributed by atoms with Crippen LogP contribution in [0.4, 0.5) is 0 Å². The first-order valence-electron chi connectivity index (χ1n) is 8.09. The number of rotatable bonds is 4. The summed E-state index contributed by atoms with van der Waals surface area (Å²) in [5.74, 6) is -1.41. The topological polar surface area (TPSA) is 63.7 Å². The highest BCUT2D eigenvalue weighted by molar-refractivity contribution is 6.40. The van der Waals surface area contributed by atoms with E-state index in [0.29, 0.717) is 5.02 Å². The van der Waals surface area contributed by atoms with Crippen LogP contribution >= 0.6 is 34.8 Å². The van der Waals surface area contributed by atoms with Crippen molar-refractivity contribution in [3.8, 4) is 5.75 Å². The van der Waals surface area contributed by atoms with E-state index in [0.717, 1.165) is 25.7 Å². The fourth-order valence-electron chi connectivity index (χ4n) is 3.45. The van der Waals surface area contributed by atoms with E-state index in [1.807, 2.05) is 0 Å². The largest absolute Gasteiger partial charge is 0.423 e. The second-order valence-corrected chi connectivity index (χ2v) is 7.50.